The van der Waals surface area contributed by atoms with Gasteiger partial charge in [0.05, 0.1) is 28.4 Å². The second kappa shape index (κ2) is 5.60. The molecule has 3 rings (SSSR count). The van der Waals surface area contributed by atoms with Gasteiger partial charge in [-0.05, 0) is 24.3 Å². The fourth-order valence-corrected chi connectivity index (χ4v) is 4.19. The van der Waals surface area contributed by atoms with Gasteiger partial charge < -0.3 is 9.84 Å². The zero-order valence-electron chi connectivity index (χ0n) is 12.0. The van der Waals surface area contributed by atoms with Crippen LogP contribution in [-0.4, -0.2) is 19.3 Å². The molecule has 1 heterocycles. The van der Waals surface area contributed by atoms with E-state index in [1.165, 1.54) is 18.2 Å². The molecule has 0 saturated heterocycles. The molecule has 0 fully saturated rings. The number of benzene rings is 2. The van der Waals surface area contributed by atoms with Gasteiger partial charge in [-0.2, -0.15) is 10.5 Å². The summed E-state index contributed by atoms with van der Waals surface area (Å²) in [6.45, 7) is 0. The highest BCUT2D eigenvalue weighted by atomic mass is 32.2. The summed E-state index contributed by atoms with van der Waals surface area (Å²) in [5, 5.41) is 28.1. The van der Waals surface area contributed by atoms with Crippen LogP contribution in [0.25, 0.3) is 0 Å². The summed E-state index contributed by atoms with van der Waals surface area (Å²) < 4.78 is 42.8. The Bertz CT molecular complexity index is 1040. The number of nitrogens with zero attached hydrogens (tertiary/aromatic N) is 2. The quantitative estimate of drug-likeness (QED) is 0.894. The first-order chi connectivity index (χ1) is 11.4. The molecule has 1 N–H and O–H groups in total. The van der Waals surface area contributed by atoms with Crippen molar-refractivity contribution in [2.75, 3.05) is 5.75 Å². The lowest BCUT2D eigenvalue weighted by Gasteiger charge is -2.12. The molecule has 0 aliphatic carbocycles. The highest BCUT2D eigenvalue weighted by Crippen LogP contribution is 2.40. The molecule has 1 aliphatic rings. The van der Waals surface area contributed by atoms with Crippen LogP contribution in [0.3, 0.4) is 0 Å². The molecule has 6 nitrogen and oxygen atoms in total. The summed E-state index contributed by atoms with van der Waals surface area (Å²) in [5.41, 5.74) is -0.122. The van der Waals surface area contributed by atoms with Crippen molar-refractivity contribution in [3.05, 3.63) is 52.8 Å². The Morgan fingerprint density at radius 1 is 1.21 bits per heavy atom. The van der Waals surface area contributed by atoms with Crippen molar-refractivity contribution in [3.63, 3.8) is 0 Å². The van der Waals surface area contributed by atoms with Gasteiger partial charge >= 0.3 is 0 Å². The second-order valence-corrected chi connectivity index (χ2v) is 7.15. The zero-order chi connectivity index (χ0) is 17.5. The molecule has 0 saturated carbocycles. The Hall–Kier alpha value is -2.94. The number of rotatable bonds is 2. The minimum atomic E-state index is -3.65. The topological polar surface area (TPSA) is 111 Å². The van der Waals surface area contributed by atoms with E-state index in [4.69, 9.17) is 10.00 Å². The maximum atomic E-state index is 13.5. The van der Waals surface area contributed by atoms with Gasteiger partial charge in [-0.1, -0.05) is 0 Å². The smallest absolute Gasteiger partial charge is 0.181 e. The molecule has 120 valence electrons. The molecule has 24 heavy (non-hydrogen) atoms. The molecular formula is C16H9FN2O4S. The third-order valence-electron chi connectivity index (χ3n) is 3.55. The van der Waals surface area contributed by atoms with E-state index in [1.54, 1.807) is 6.07 Å². The minimum absolute atomic E-state index is 0.0154. The lowest BCUT2D eigenvalue weighted by Crippen LogP contribution is -2.02. The van der Waals surface area contributed by atoms with E-state index >= 15 is 0 Å². The minimum Gasteiger partial charge on any atom is -0.456 e. The van der Waals surface area contributed by atoms with Crippen LogP contribution >= 0.6 is 0 Å². The molecular weight excluding hydrogens is 335 g/mol. The third-order valence-corrected chi connectivity index (χ3v) is 5.33. The van der Waals surface area contributed by atoms with E-state index in [9.17, 15) is 23.2 Å². The molecule has 2 aromatic carbocycles. The lowest BCUT2D eigenvalue weighted by molar-refractivity contribution is 0.203. The molecule has 0 aromatic heterocycles. The lowest BCUT2D eigenvalue weighted by atomic mass is 10.0. The highest BCUT2D eigenvalue weighted by molar-refractivity contribution is 7.91. The van der Waals surface area contributed by atoms with Crippen molar-refractivity contribution < 1.29 is 22.7 Å². The second-order valence-electron chi connectivity index (χ2n) is 5.15. The van der Waals surface area contributed by atoms with Crippen LogP contribution in [-0.2, 0) is 9.84 Å². The number of fused-ring (bicyclic) bond motifs is 1. The van der Waals surface area contributed by atoms with E-state index in [2.05, 4.69) is 0 Å². The summed E-state index contributed by atoms with van der Waals surface area (Å²) in [4.78, 5) is -0.115. The number of nitriles is 2. The molecule has 0 amide bonds. The van der Waals surface area contributed by atoms with Crippen LogP contribution in [0.5, 0.6) is 11.5 Å². The van der Waals surface area contributed by atoms with Crippen LogP contribution in [0.4, 0.5) is 4.39 Å². The monoisotopic (exact) mass is 344 g/mol. The van der Waals surface area contributed by atoms with Gasteiger partial charge in [0.2, 0.25) is 0 Å². The van der Waals surface area contributed by atoms with Crippen molar-refractivity contribution in [3.8, 4) is 23.6 Å². The van der Waals surface area contributed by atoms with E-state index in [0.29, 0.717) is 0 Å². The van der Waals surface area contributed by atoms with Gasteiger partial charge in [0, 0.05) is 11.6 Å². The number of ether oxygens (including phenoxy) is 1. The fourth-order valence-electron chi connectivity index (χ4n) is 2.58. The average Bonchev–Trinajstić information content (AvgIpc) is 2.76. The first kappa shape index (κ1) is 15.9. The maximum absolute atomic E-state index is 13.5. The average molecular weight is 344 g/mol. The summed E-state index contributed by atoms with van der Waals surface area (Å²) >= 11 is 0. The predicted octanol–water partition coefficient (Wildman–Crippen LogP) is 2.18. The first-order valence-corrected chi connectivity index (χ1v) is 8.37. The summed E-state index contributed by atoms with van der Waals surface area (Å²) in [7, 11) is -3.65. The summed E-state index contributed by atoms with van der Waals surface area (Å²) in [6.07, 6.45) is -1.33. The van der Waals surface area contributed by atoms with Gasteiger partial charge in [0.25, 0.3) is 0 Å². The van der Waals surface area contributed by atoms with Crippen molar-refractivity contribution in [1.82, 2.24) is 0 Å². The number of hydrogen-bond donors (Lipinski definition) is 1. The van der Waals surface area contributed by atoms with Gasteiger partial charge in [-0.3, -0.25) is 0 Å². The van der Waals surface area contributed by atoms with E-state index in [0.717, 1.165) is 12.1 Å². The molecule has 0 radical (unpaired) electrons. The van der Waals surface area contributed by atoms with Crippen molar-refractivity contribution in [2.45, 2.75) is 11.0 Å². The van der Waals surface area contributed by atoms with E-state index < -0.39 is 27.5 Å². The molecule has 8 heteroatoms. The maximum Gasteiger partial charge on any atom is 0.181 e. The number of sulfone groups is 1. The number of aliphatic hydroxyl groups is 1. The summed E-state index contributed by atoms with van der Waals surface area (Å²) in [6, 6.07) is 9.44. The van der Waals surface area contributed by atoms with E-state index in [-0.39, 0.29) is 33.1 Å². The molecule has 1 aliphatic heterocycles. The Kier molecular flexibility index (Phi) is 3.72. The van der Waals surface area contributed by atoms with Gasteiger partial charge in [0.1, 0.15) is 28.9 Å². The predicted molar refractivity (Wildman–Crippen MR) is 79.4 cm³/mol. The Balaban J connectivity index is 2.12. The Morgan fingerprint density at radius 2 is 1.96 bits per heavy atom. The molecule has 1 unspecified atom stereocenters. The number of hydrogen-bond acceptors (Lipinski definition) is 6. The van der Waals surface area contributed by atoms with Gasteiger partial charge in [0.15, 0.2) is 9.84 Å². The van der Waals surface area contributed by atoms with Crippen molar-refractivity contribution in [2.24, 2.45) is 0 Å². The third kappa shape index (κ3) is 2.58. The van der Waals surface area contributed by atoms with Crippen LogP contribution in [0.15, 0.2) is 35.2 Å². The number of aliphatic hydroxyl groups excluding tert-OH is 1. The normalized spacial score (nSPS) is 17.6. The Labute approximate surface area is 136 Å². The molecule has 0 bridgehead atoms. The molecule has 0 spiro atoms. The van der Waals surface area contributed by atoms with Crippen LogP contribution in [0, 0.1) is 28.5 Å². The van der Waals surface area contributed by atoms with Crippen molar-refractivity contribution in [1.29, 1.82) is 10.5 Å². The van der Waals surface area contributed by atoms with Gasteiger partial charge in [-0.15, -0.1) is 0 Å². The fraction of sp³-hybridized carbons (Fsp3) is 0.125. The Morgan fingerprint density at radius 3 is 2.62 bits per heavy atom. The van der Waals surface area contributed by atoms with Crippen LogP contribution in [0.1, 0.15) is 22.8 Å². The largest absolute Gasteiger partial charge is 0.456 e. The van der Waals surface area contributed by atoms with Crippen LogP contribution in [0.2, 0.25) is 0 Å². The zero-order valence-corrected chi connectivity index (χ0v) is 12.8. The standard InChI is InChI=1S/C16H9FN2O4S/c17-10-3-9(6-18)4-11(5-10)23-14-1-2-15-16(12(14)7-19)13(20)8-24(15,21)22/h1-5,13,20H,8H2. The van der Waals surface area contributed by atoms with Gasteiger partial charge in [-0.25, -0.2) is 12.8 Å². The summed E-state index contributed by atoms with van der Waals surface area (Å²) in [5.74, 6) is -1.23. The highest BCUT2D eigenvalue weighted by Gasteiger charge is 2.37. The van der Waals surface area contributed by atoms with E-state index in [1.807, 2.05) is 6.07 Å². The molecule has 2 aromatic rings. The number of halogens is 1. The first-order valence-electron chi connectivity index (χ1n) is 6.72. The SMILES string of the molecule is N#Cc1cc(F)cc(Oc2ccc3c(c2C#N)C(O)CS3(=O)=O)c1. The van der Waals surface area contributed by atoms with Crippen molar-refractivity contribution >= 4 is 9.84 Å². The van der Waals surface area contributed by atoms with Crippen LogP contribution < -0.4 is 4.74 Å². The molecule has 1 atom stereocenters.